The molecule has 3 aliphatic rings. The van der Waals surface area contributed by atoms with Crippen LogP contribution in [0.15, 0.2) is 67.7 Å². The lowest BCUT2D eigenvalue weighted by Crippen LogP contribution is -2.30. The van der Waals surface area contributed by atoms with Gasteiger partial charge in [-0.1, -0.05) is 42.9 Å². The fraction of sp³-hybridized carbons (Fsp3) is 0.453. The number of fused-ring (bicyclic) bond motifs is 2. The monoisotopic (exact) mass is 1580 g/mol. The molecule has 1 fully saturated rings. The molecule has 2 aromatic carbocycles. The number of anilines is 2. The molecule has 0 spiro atoms. The zero-order chi connectivity index (χ0) is 74.0. The molecule has 47 heteroatoms. The van der Waals surface area contributed by atoms with E-state index in [1.165, 1.54) is 29.1 Å². The third-order valence-electron chi connectivity index (χ3n) is 13.3. The molecule has 100 heavy (non-hydrogen) atoms. The number of rotatable bonds is 38. The van der Waals surface area contributed by atoms with E-state index in [2.05, 4.69) is 41.4 Å². The average Bonchev–Trinajstić information content (AvgIpc) is 0.795. The van der Waals surface area contributed by atoms with Gasteiger partial charge >= 0.3 is 47.3 Å². The van der Waals surface area contributed by atoms with Crippen LogP contribution in [0.25, 0.3) is 33.4 Å². The summed E-state index contributed by atoms with van der Waals surface area (Å²) < 4.78 is 163. The molecule has 4 unspecified atom stereocenters. The SMILES string of the molecule is CS(=S)CO[C@H]1CC(n2cc(C#CCNC(=O)OCCCCOCSSC(C)(C)CCOC(=O)NCCOCCOCCNC(=O)c3ccc(C(=O)O)c(-c4c5ccc(=N)c(S(=O)(=O)O)c-5oc5c(S(=O)(=O)O)c(N)ccc45)c3)c(N)nc2=O)O[C@@H]1COP(=O)(O)OP(=O)(O)OP(=O)(O)O. The van der Waals surface area contributed by atoms with E-state index in [9.17, 15) is 78.5 Å². The highest BCUT2D eigenvalue weighted by molar-refractivity contribution is 8.77. The molecule has 2 aliphatic heterocycles. The number of hydrogen-bond donors (Lipinski definition) is 13. The van der Waals surface area contributed by atoms with Crippen LogP contribution in [0, 0.1) is 17.3 Å². The van der Waals surface area contributed by atoms with Crippen LogP contribution < -0.4 is 38.5 Å². The van der Waals surface area contributed by atoms with Crippen LogP contribution in [0.3, 0.4) is 0 Å². The van der Waals surface area contributed by atoms with Crippen molar-refractivity contribution >= 4 is 132 Å². The molecule has 6 atom stereocenters. The van der Waals surface area contributed by atoms with Crippen LogP contribution in [-0.4, -0.2) is 192 Å². The van der Waals surface area contributed by atoms with Crippen molar-refractivity contribution in [3.8, 4) is 34.3 Å². The van der Waals surface area contributed by atoms with E-state index in [-0.39, 0.29) is 115 Å². The Kier molecular flexibility index (Phi) is 30.6. The van der Waals surface area contributed by atoms with Crippen LogP contribution in [0.5, 0.6) is 0 Å². The third-order valence-corrected chi connectivity index (χ3v) is 22.7. The van der Waals surface area contributed by atoms with Gasteiger partial charge in [-0.25, -0.2) is 32.9 Å². The van der Waals surface area contributed by atoms with Crippen molar-refractivity contribution in [3.63, 3.8) is 0 Å². The van der Waals surface area contributed by atoms with Gasteiger partial charge in [0.05, 0.1) is 87.0 Å². The molecular weight excluding hydrogens is 1510 g/mol. The van der Waals surface area contributed by atoms with Crippen molar-refractivity contribution in [2.45, 2.75) is 72.5 Å². The fourth-order valence-corrected chi connectivity index (χ4v) is 16.3. The lowest BCUT2D eigenvalue weighted by Gasteiger charge is -2.22. The van der Waals surface area contributed by atoms with Gasteiger partial charge in [0, 0.05) is 59.1 Å². The van der Waals surface area contributed by atoms with Crippen molar-refractivity contribution < 1.29 is 134 Å². The summed E-state index contributed by atoms with van der Waals surface area (Å²) in [5.74, 6) is 2.41. The summed E-state index contributed by atoms with van der Waals surface area (Å²) in [4.78, 5) is 102. The second-order valence-corrected chi connectivity index (χ2v) is 34.5. The number of alkyl carbamates (subject to hydrolysis) is 2. The molecular formula is C53H69N8O30P3S6. The minimum Gasteiger partial charge on any atom is -0.478 e. The van der Waals surface area contributed by atoms with Crippen molar-refractivity contribution in [1.82, 2.24) is 25.5 Å². The number of benzene rings is 3. The Labute approximate surface area is 584 Å². The Balaban J connectivity index is 0.812. The quantitative estimate of drug-likeness (QED) is 0.00390. The highest BCUT2D eigenvalue weighted by atomic mass is 33.1. The zero-order valence-electron chi connectivity index (χ0n) is 52.7. The maximum absolute atomic E-state index is 13.4. The van der Waals surface area contributed by atoms with Gasteiger partial charge in [-0.05, 0) is 98.6 Å². The average molecular weight is 1580 g/mol. The van der Waals surface area contributed by atoms with Gasteiger partial charge in [0.15, 0.2) is 21.1 Å². The highest BCUT2D eigenvalue weighted by Crippen LogP contribution is 2.66. The molecule has 1 saturated heterocycles. The maximum atomic E-state index is 13.4. The minimum absolute atomic E-state index is 0.00193. The van der Waals surface area contributed by atoms with E-state index >= 15 is 0 Å². The fourth-order valence-electron chi connectivity index (χ4n) is 8.93. The second-order valence-electron chi connectivity index (χ2n) is 21.3. The van der Waals surface area contributed by atoms with Crippen LogP contribution in [0.4, 0.5) is 21.1 Å². The summed E-state index contributed by atoms with van der Waals surface area (Å²) in [7, 11) is -25.2. The molecule has 6 rings (SSSR count). The molecule has 0 radical (unpaired) electrons. The Morgan fingerprint density at radius 2 is 1.51 bits per heavy atom. The number of nitrogen functional groups attached to an aromatic ring is 2. The first-order valence-electron chi connectivity index (χ1n) is 28.8. The van der Waals surface area contributed by atoms with Gasteiger partial charge in [-0.3, -0.25) is 28.4 Å². The topological polar surface area (TPSA) is 582 Å². The first-order chi connectivity index (χ1) is 46.8. The predicted octanol–water partition coefficient (Wildman–Crippen LogP) is 3.85. The molecule has 3 aromatic rings. The number of phosphoric acid groups is 3. The number of hydrogen-bond acceptors (Lipinski definition) is 30. The molecule has 1 aliphatic carbocycles. The number of unbranched alkanes of at least 4 members (excludes halogenated alkanes) is 1. The van der Waals surface area contributed by atoms with Crippen LogP contribution in [-0.2, 0) is 101 Å². The van der Waals surface area contributed by atoms with Crippen molar-refractivity contribution in [3.05, 3.63) is 81.2 Å². The summed E-state index contributed by atoms with van der Waals surface area (Å²) in [6.45, 7) is 3.85. The first kappa shape index (κ1) is 82.9. The molecule has 552 valence electrons. The number of phosphoric ester groups is 1. The van der Waals surface area contributed by atoms with Gasteiger partial charge in [0.1, 0.15) is 24.1 Å². The molecule has 38 nitrogen and oxygen atoms in total. The summed E-state index contributed by atoms with van der Waals surface area (Å²) in [5.41, 5.74) is 8.41. The number of aromatic carboxylic acids is 1. The molecule has 1 aromatic heterocycles. The zero-order valence-corrected chi connectivity index (χ0v) is 60.3. The number of nitrogens with zero attached hydrogens (tertiary/aromatic N) is 2. The maximum Gasteiger partial charge on any atom is 0.490 e. The van der Waals surface area contributed by atoms with Crippen molar-refractivity contribution in [1.29, 1.82) is 5.41 Å². The van der Waals surface area contributed by atoms with E-state index in [1.807, 2.05) is 13.8 Å². The number of carbonyl (C=O) groups is 4. The Morgan fingerprint density at radius 1 is 0.850 bits per heavy atom. The number of nitrogens with one attached hydrogen (secondary N) is 4. The van der Waals surface area contributed by atoms with Gasteiger partial charge < -0.3 is 89.7 Å². The van der Waals surface area contributed by atoms with Gasteiger partial charge in [-0.2, -0.15) is 30.4 Å². The molecule has 0 saturated carbocycles. The third kappa shape index (κ3) is 25.7. The summed E-state index contributed by atoms with van der Waals surface area (Å²) in [5, 5.41) is 25.1. The number of aromatic nitrogens is 2. The Bertz CT molecular complexity index is 4380. The Morgan fingerprint density at radius 3 is 2.17 bits per heavy atom. The highest BCUT2D eigenvalue weighted by Gasteiger charge is 2.44. The standard InChI is InChI=1S/C53H69N8O30P3S6/c1-53(2,97-96-29-83-18-4-5-19-84-51(66)58-15-6-7-32-27-61(50(65)60-47(32)56)41-26-39(86-30-98(3)95)40(88-41)28-87-93(71,72)91-94(73,74)90-92(68,69)70)14-20-85-52(67)59-17-22-82-24-23-81-21-16-57-48(62)31-8-9-33(49(63)64)36(25-31)42-34-10-12-37(54)45(99(75,76)77)43(34)89-44-35(42)11-13-38(55)46(44)100(78,79)80/h8-13,25,27,39-41,54H,4-5,14-24,26,28-30,55H2,1-3H3,(H,57,62)(H,58,66)(H,59,67)(H,63,64)(H,71,72)(H,73,74)(H2,56,60,65)(H2,68,69,70)(H,75,76,77)(H,78,79,80)/t39-,40+,41?,98?/m0/s1. The van der Waals surface area contributed by atoms with E-state index in [1.54, 1.807) is 17.0 Å². The van der Waals surface area contributed by atoms with Gasteiger partial charge in [0.2, 0.25) is 0 Å². The lowest BCUT2D eigenvalue weighted by molar-refractivity contribution is -0.0544. The number of ether oxygens (including phenoxy) is 7. The number of carboxylic acid groups (broad SMARTS) is 1. The van der Waals surface area contributed by atoms with Crippen LogP contribution in [0.1, 0.15) is 72.0 Å². The summed E-state index contributed by atoms with van der Waals surface area (Å²) >= 11 is 5.16. The van der Waals surface area contributed by atoms with Crippen LogP contribution in [0.2, 0.25) is 0 Å². The summed E-state index contributed by atoms with van der Waals surface area (Å²) in [6, 6.07) is 7.81. The Hall–Kier alpha value is -6.05. The van der Waals surface area contributed by atoms with E-state index in [0.29, 0.717) is 31.8 Å². The number of carbonyl (C=O) groups excluding carboxylic acids is 3. The normalized spacial score (nSPS) is 16.6. The van der Waals surface area contributed by atoms with E-state index in [4.69, 9.17) is 80.0 Å². The predicted molar refractivity (Wildman–Crippen MR) is 360 cm³/mol. The molecule has 3 heterocycles. The van der Waals surface area contributed by atoms with Gasteiger partial charge in [0.25, 0.3) is 26.1 Å². The second kappa shape index (κ2) is 36.9. The van der Waals surface area contributed by atoms with E-state index < -0.39 is 146 Å². The largest absolute Gasteiger partial charge is 0.490 e. The smallest absolute Gasteiger partial charge is 0.478 e. The van der Waals surface area contributed by atoms with Crippen molar-refractivity contribution in [2.24, 2.45) is 0 Å². The first-order valence-corrected chi connectivity index (χ1v) is 41.3. The van der Waals surface area contributed by atoms with Gasteiger partial charge in [-0.15, -0.1) is 0 Å². The minimum atomic E-state index is -5.81. The van der Waals surface area contributed by atoms with Crippen molar-refractivity contribution in [2.75, 3.05) is 102 Å². The van der Waals surface area contributed by atoms with Crippen LogP contribution >= 0.6 is 45.1 Å². The van der Waals surface area contributed by atoms with E-state index in [0.717, 1.165) is 34.9 Å². The number of nitrogens with two attached hydrogens (primary N) is 2. The lowest BCUT2D eigenvalue weighted by atomic mass is 9.89. The number of carboxylic acids is 1. The number of amides is 3. The molecule has 15 N–H and O–H groups in total. The summed E-state index contributed by atoms with van der Waals surface area (Å²) in [6.07, 6.45) is -0.433. The molecule has 0 bridgehead atoms. The molecule has 3 amide bonds.